The molecule has 1 aromatic carbocycles. The lowest BCUT2D eigenvalue weighted by Crippen LogP contribution is -2.65. The van der Waals surface area contributed by atoms with Crippen LogP contribution in [0.15, 0.2) is 29.6 Å². The lowest BCUT2D eigenvalue weighted by Gasteiger charge is -2.50. The summed E-state index contributed by atoms with van der Waals surface area (Å²) in [5.74, 6) is -7.58. The van der Waals surface area contributed by atoms with Gasteiger partial charge in [-0.05, 0) is 71.1 Å². The Morgan fingerprint density at radius 1 is 1.12 bits per heavy atom. The number of nitrogens with zero attached hydrogens (tertiary/aromatic N) is 2. The van der Waals surface area contributed by atoms with Gasteiger partial charge in [-0.1, -0.05) is 6.58 Å². The number of amides is 1. The highest BCUT2D eigenvalue weighted by Gasteiger charge is 2.64. The van der Waals surface area contributed by atoms with E-state index >= 15 is 0 Å². The predicted octanol–water partition coefficient (Wildman–Crippen LogP) is 1.13. The number of allylic oxidation sites excluding steroid dienone is 1. The summed E-state index contributed by atoms with van der Waals surface area (Å²) in [6.45, 7) is 5.94. The third-order valence-corrected chi connectivity index (χ3v) is 8.27. The van der Waals surface area contributed by atoms with E-state index in [4.69, 9.17) is 5.73 Å². The molecule has 0 unspecified atom stereocenters. The Labute approximate surface area is 231 Å². The normalized spacial score (nSPS) is 26.1. The van der Waals surface area contributed by atoms with Gasteiger partial charge >= 0.3 is 0 Å². The molecule has 6 N–H and O–H groups in total. The molecule has 3 aliphatic rings. The highest BCUT2D eigenvalue weighted by molar-refractivity contribution is 6.24. The molecule has 4 atom stereocenters. The molecule has 1 saturated carbocycles. The number of benzene rings is 1. The molecule has 11 heteroatoms. The molecular formula is C29H35N3O8. The molecule has 0 spiro atoms. The standard InChI is InChI=1S/C29H35N3O8/c1-12(2)14-11-15(18(33)7-8-31(3)4)16-9-13-10-17-22(32(5)6)25(36)21(28(30)39)27(38)29(17,40)26(37)19(13)24(35)20(16)23(14)34/h11,13,17,22,34-35,38,40H,1,7-10H2,2-6H3,(H2,30,39)/t13-,17-,22-,29-/m0/s1. The zero-order valence-electron chi connectivity index (χ0n) is 23.2. The van der Waals surface area contributed by atoms with Gasteiger partial charge in [-0.3, -0.25) is 24.1 Å². The van der Waals surface area contributed by atoms with Gasteiger partial charge in [-0.15, -0.1) is 0 Å². The van der Waals surface area contributed by atoms with Gasteiger partial charge in [0.1, 0.15) is 22.8 Å². The molecule has 4 rings (SSSR count). The van der Waals surface area contributed by atoms with Crippen LogP contribution in [0.2, 0.25) is 0 Å². The van der Waals surface area contributed by atoms with Crippen molar-refractivity contribution in [2.45, 2.75) is 37.8 Å². The molecule has 0 saturated heterocycles. The molecule has 0 heterocycles. The number of aliphatic hydroxyl groups excluding tert-OH is 2. The number of aromatic hydroxyl groups is 1. The van der Waals surface area contributed by atoms with Gasteiger partial charge in [0, 0.05) is 35.6 Å². The van der Waals surface area contributed by atoms with Gasteiger partial charge < -0.3 is 31.1 Å². The molecule has 1 aromatic rings. The van der Waals surface area contributed by atoms with Crippen molar-refractivity contribution >= 4 is 34.6 Å². The van der Waals surface area contributed by atoms with Crippen LogP contribution in [0.3, 0.4) is 0 Å². The lowest BCUT2D eigenvalue weighted by molar-refractivity contribution is -0.153. The third kappa shape index (κ3) is 4.16. The van der Waals surface area contributed by atoms with E-state index in [9.17, 15) is 39.6 Å². The molecule has 0 aromatic heterocycles. The van der Waals surface area contributed by atoms with Crippen LogP contribution < -0.4 is 5.73 Å². The van der Waals surface area contributed by atoms with Crippen LogP contribution in [0.5, 0.6) is 5.75 Å². The highest BCUT2D eigenvalue weighted by Crippen LogP contribution is 2.53. The number of phenols is 1. The zero-order valence-corrected chi connectivity index (χ0v) is 23.2. The van der Waals surface area contributed by atoms with Crippen LogP contribution in [-0.2, 0) is 20.8 Å². The summed E-state index contributed by atoms with van der Waals surface area (Å²) in [5, 5.41) is 45.4. The first kappa shape index (κ1) is 29.2. The molecule has 0 radical (unpaired) electrons. The van der Waals surface area contributed by atoms with Crippen molar-refractivity contribution in [1.29, 1.82) is 0 Å². The molecule has 0 bridgehead atoms. The first-order valence-electron chi connectivity index (χ1n) is 12.9. The van der Waals surface area contributed by atoms with E-state index in [1.165, 1.54) is 25.1 Å². The van der Waals surface area contributed by atoms with Crippen molar-refractivity contribution in [1.82, 2.24) is 9.80 Å². The van der Waals surface area contributed by atoms with Crippen LogP contribution in [0.1, 0.15) is 46.8 Å². The number of phenolic OH excluding ortho intramolecular Hbond substituents is 1. The van der Waals surface area contributed by atoms with Crippen LogP contribution in [0, 0.1) is 11.8 Å². The molecule has 214 valence electrons. The number of carbonyl (C=O) groups excluding carboxylic acids is 4. The Kier molecular flexibility index (Phi) is 7.29. The van der Waals surface area contributed by atoms with Gasteiger partial charge in [-0.25, -0.2) is 0 Å². The van der Waals surface area contributed by atoms with Crippen molar-refractivity contribution in [2.24, 2.45) is 17.6 Å². The van der Waals surface area contributed by atoms with E-state index < -0.39 is 58.0 Å². The Morgan fingerprint density at radius 3 is 2.27 bits per heavy atom. The first-order chi connectivity index (χ1) is 18.5. The van der Waals surface area contributed by atoms with Crippen molar-refractivity contribution in [3.63, 3.8) is 0 Å². The summed E-state index contributed by atoms with van der Waals surface area (Å²) in [7, 11) is 6.72. The van der Waals surface area contributed by atoms with E-state index in [1.54, 1.807) is 6.92 Å². The number of hydrogen-bond donors (Lipinski definition) is 5. The second-order valence-electron chi connectivity index (χ2n) is 11.4. The Balaban J connectivity index is 1.99. The number of rotatable bonds is 7. The molecule has 3 aliphatic carbocycles. The first-order valence-corrected chi connectivity index (χ1v) is 12.9. The van der Waals surface area contributed by atoms with Crippen LogP contribution in [0.4, 0.5) is 0 Å². The molecule has 11 nitrogen and oxygen atoms in total. The molecule has 1 fully saturated rings. The predicted molar refractivity (Wildman–Crippen MR) is 146 cm³/mol. The number of aliphatic hydroxyl groups is 3. The van der Waals surface area contributed by atoms with Gasteiger partial charge in [0.15, 0.2) is 17.2 Å². The summed E-state index contributed by atoms with van der Waals surface area (Å²) in [5.41, 5.74) is 2.62. The molecule has 40 heavy (non-hydrogen) atoms. The summed E-state index contributed by atoms with van der Waals surface area (Å²) < 4.78 is 0. The van der Waals surface area contributed by atoms with E-state index in [-0.39, 0.29) is 53.1 Å². The van der Waals surface area contributed by atoms with Crippen molar-refractivity contribution < 1.29 is 39.6 Å². The van der Waals surface area contributed by atoms with E-state index in [2.05, 4.69) is 6.58 Å². The number of Topliss-reactive ketones (excluding diaryl/α,β-unsaturated/α-hetero) is 3. The van der Waals surface area contributed by atoms with Gasteiger partial charge in [0.2, 0.25) is 5.78 Å². The third-order valence-electron chi connectivity index (χ3n) is 8.27. The number of nitrogens with two attached hydrogens (primary N) is 1. The monoisotopic (exact) mass is 553 g/mol. The van der Waals surface area contributed by atoms with Gasteiger partial charge in [0.05, 0.1) is 11.6 Å². The van der Waals surface area contributed by atoms with E-state index in [0.717, 1.165) is 0 Å². The number of fused-ring (bicyclic) bond motifs is 3. The number of hydrogen-bond acceptors (Lipinski definition) is 10. The minimum absolute atomic E-state index is 0.0433. The second-order valence-corrected chi connectivity index (χ2v) is 11.4. The fourth-order valence-corrected chi connectivity index (χ4v) is 6.35. The SMILES string of the molecule is C=C(C)c1cc(C(=O)CCN(C)C)c2c(c1O)C(O)=C1C(=O)[C@]3(O)C(O)=C(C(N)=O)C(=O)[C@@H](N(C)C)[C@@H]3C[C@@H]1C2. The maximum absolute atomic E-state index is 14.0. The van der Waals surface area contributed by atoms with Gasteiger partial charge in [-0.2, -0.15) is 0 Å². The largest absolute Gasteiger partial charge is 0.508 e. The highest BCUT2D eigenvalue weighted by atomic mass is 16.3. The minimum atomic E-state index is -2.73. The summed E-state index contributed by atoms with van der Waals surface area (Å²) in [6.07, 6.45) is 0.149. The van der Waals surface area contributed by atoms with Crippen molar-refractivity contribution in [2.75, 3.05) is 34.7 Å². The van der Waals surface area contributed by atoms with Gasteiger partial charge in [0.25, 0.3) is 5.91 Å². The maximum Gasteiger partial charge on any atom is 0.255 e. The Morgan fingerprint density at radius 2 is 1.75 bits per heavy atom. The average Bonchev–Trinajstić information content (AvgIpc) is 2.84. The van der Waals surface area contributed by atoms with Crippen LogP contribution in [0.25, 0.3) is 11.3 Å². The average molecular weight is 554 g/mol. The Bertz CT molecular complexity index is 1440. The summed E-state index contributed by atoms with van der Waals surface area (Å²) >= 11 is 0. The van der Waals surface area contributed by atoms with E-state index in [1.807, 2.05) is 19.0 Å². The fraction of sp³-hybridized carbons (Fsp3) is 0.448. The number of carbonyl (C=O) groups is 4. The maximum atomic E-state index is 14.0. The fourth-order valence-electron chi connectivity index (χ4n) is 6.35. The smallest absolute Gasteiger partial charge is 0.255 e. The van der Waals surface area contributed by atoms with E-state index in [0.29, 0.717) is 17.7 Å². The lowest BCUT2D eigenvalue weighted by atomic mass is 9.57. The quantitative estimate of drug-likeness (QED) is 0.242. The number of ketones is 3. The molecule has 0 aliphatic heterocycles. The van der Waals surface area contributed by atoms with Crippen LogP contribution in [-0.4, -0.2) is 99.9 Å². The topological polar surface area (TPSA) is 182 Å². The minimum Gasteiger partial charge on any atom is -0.508 e. The zero-order chi connectivity index (χ0) is 30.0. The molecule has 1 amide bonds. The van der Waals surface area contributed by atoms with Crippen molar-refractivity contribution in [3.8, 4) is 5.75 Å². The number of likely N-dealkylation sites (N-methyl/N-ethyl adjacent to an activating group) is 1. The second kappa shape index (κ2) is 9.99. The van der Waals surface area contributed by atoms with Crippen LogP contribution >= 0.6 is 0 Å². The number of primary amides is 1. The van der Waals surface area contributed by atoms with Crippen molar-refractivity contribution in [3.05, 3.63) is 51.8 Å². The summed E-state index contributed by atoms with van der Waals surface area (Å²) in [4.78, 5) is 56.0. The Hall–Kier alpha value is -3.80. The molecular weight excluding hydrogens is 518 g/mol. The summed E-state index contributed by atoms with van der Waals surface area (Å²) in [6, 6.07) is 0.353.